The van der Waals surface area contributed by atoms with Crippen LogP contribution < -0.4 is 14.8 Å². The summed E-state index contributed by atoms with van der Waals surface area (Å²) in [6.45, 7) is 4.34. The van der Waals surface area contributed by atoms with Gasteiger partial charge in [-0.15, -0.1) is 0 Å². The van der Waals surface area contributed by atoms with E-state index in [0.29, 0.717) is 0 Å². The van der Waals surface area contributed by atoms with E-state index in [1.54, 1.807) is 0 Å². The monoisotopic (exact) mass is 273 g/mol. The zero-order valence-corrected chi connectivity index (χ0v) is 11.6. The summed E-state index contributed by atoms with van der Waals surface area (Å²) in [7, 11) is 0. The lowest BCUT2D eigenvalue weighted by molar-refractivity contribution is 0.297. The Morgan fingerprint density at radius 2 is 2.15 bits per heavy atom. The Bertz CT molecular complexity index is 554. The fraction of sp³-hybridized carbons (Fsp3) is 0.400. The van der Waals surface area contributed by atoms with Crippen molar-refractivity contribution in [3.05, 3.63) is 41.7 Å². The third-order valence-corrected chi connectivity index (χ3v) is 3.44. The highest BCUT2D eigenvalue weighted by molar-refractivity contribution is 5.43. The van der Waals surface area contributed by atoms with Gasteiger partial charge in [-0.3, -0.25) is 5.10 Å². The fourth-order valence-electron chi connectivity index (χ4n) is 2.20. The molecule has 0 saturated carbocycles. The van der Waals surface area contributed by atoms with Gasteiger partial charge in [-0.1, -0.05) is 6.07 Å². The molecule has 0 spiro atoms. The first kappa shape index (κ1) is 13.0. The van der Waals surface area contributed by atoms with Gasteiger partial charge < -0.3 is 14.8 Å². The summed E-state index contributed by atoms with van der Waals surface area (Å²) in [5.41, 5.74) is 2.34. The Hall–Kier alpha value is -2.01. The molecule has 106 valence electrons. The number of rotatable bonds is 4. The molecule has 5 heteroatoms. The summed E-state index contributed by atoms with van der Waals surface area (Å²) >= 11 is 0. The van der Waals surface area contributed by atoms with Gasteiger partial charge in [0, 0.05) is 30.8 Å². The Morgan fingerprint density at radius 1 is 1.30 bits per heavy atom. The second-order valence-electron chi connectivity index (χ2n) is 4.97. The van der Waals surface area contributed by atoms with E-state index < -0.39 is 0 Å². The lowest BCUT2D eigenvalue weighted by Gasteiger charge is -2.13. The molecule has 1 aromatic heterocycles. The summed E-state index contributed by atoms with van der Waals surface area (Å²) < 4.78 is 11.3. The van der Waals surface area contributed by atoms with Gasteiger partial charge in [0.05, 0.1) is 19.4 Å². The van der Waals surface area contributed by atoms with E-state index in [0.717, 1.165) is 43.2 Å². The van der Waals surface area contributed by atoms with Crippen LogP contribution in [-0.2, 0) is 6.54 Å². The topological polar surface area (TPSA) is 59.2 Å². The molecule has 1 atom stereocenters. The predicted molar refractivity (Wildman–Crippen MR) is 75.9 cm³/mol. The van der Waals surface area contributed by atoms with E-state index in [4.69, 9.17) is 9.47 Å². The molecule has 1 unspecified atom stereocenters. The van der Waals surface area contributed by atoms with Crippen molar-refractivity contribution < 1.29 is 9.47 Å². The number of H-pyrrole nitrogens is 1. The number of hydrogen-bond donors (Lipinski definition) is 2. The molecule has 0 radical (unpaired) electrons. The average Bonchev–Trinajstić information content (AvgIpc) is 2.90. The van der Waals surface area contributed by atoms with E-state index in [9.17, 15) is 0 Å². The van der Waals surface area contributed by atoms with Crippen LogP contribution in [0.3, 0.4) is 0 Å². The number of aromatic nitrogens is 2. The zero-order chi connectivity index (χ0) is 13.8. The molecule has 0 bridgehead atoms. The Kier molecular flexibility index (Phi) is 3.87. The van der Waals surface area contributed by atoms with Crippen molar-refractivity contribution >= 4 is 0 Å². The van der Waals surface area contributed by atoms with Gasteiger partial charge in [0.2, 0.25) is 0 Å². The Labute approximate surface area is 118 Å². The van der Waals surface area contributed by atoms with Crippen LogP contribution in [0.2, 0.25) is 0 Å². The Balaban J connectivity index is 1.64. The highest BCUT2D eigenvalue weighted by atomic mass is 16.5. The maximum atomic E-state index is 5.70. The second-order valence-corrected chi connectivity index (χ2v) is 4.97. The lowest BCUT2D eigenvalue weighted by atomic mass is 10.1. The largest absolute Gasteiger partial charge is 0.490 e. The van der Waals surface area contributed by atoms with Crippen molar-refractivity contribution in [2.24, 2.45) is 0 Å². The minimum absolute atomic E-state index is 0.254. The number of ether oxygens (including phenoxy) is 2. The summed E-state index contributed by atoms with van der Waals surface area (Å²) in [5.74, 6) is 1.69. The van der Waals surface area contributed by atoms with Crippen LogP contribution in [0.15, 0.2) is 30.6 Å². The van der Waals surface area contributed by atoms with Crippen LogP contribution in [0.25, 0.3) is 0 Å². The maximum absolute atomic E-state index is 5.70. The van der Waals surface area contributed by atoms with Gasteiger partial charge in [-0.2, -0.15) is 5.10 Å². The number of benzene rings is 1. The molecule has 2 heterocycles. The molecule has 3 rings (SSSR count). The highest BCUT2D eigenvalue weighted by Crippen LogP contribution is 2.30. The van der Waals surface area contributed by atoms with Gasteiger partial charge in [0.1, 0.15) is 0 Å². The normalized spacial score (nSPS) is 15.7. The second kappa shape index (κ2) is 5.96. The number of nitrogens with one attached hydrogen (secondary N) is 2. The smallest absolute Gasteiger partial charge is 0.161 e. The number of aromatic amines is 1. The van der Waals surface area contributed by atoms with Crippen LogP contribution in [0.1, 0.15) is 30.5 Å². The summed E-state index contributed by atoms with van der Waals surface area (Å²) in [5, 5.41) is 10.3. The Morgan fingerprint density at radius 3 is 2.95 bits per heavy atom. The first-order valence-electron chi connectivity index (χ1n) is 6.93. The molecule has 1 aromatic carbocycles. The first-order valence-corrected chi connectivity index (χ1v) is 6.93. The van der Waals surface area contributed by atoms with Crippen molar-refractivity contribution in [3.63, 3.8) is 0 Å². The van der Waals surface area contributed by atoms with E-state index in [1.165, 1.54) is 5.56 Å². The number of fused-ring (bicyclic) bond motifs is 1. The SMILES string of the molecule is CC(NCc1ccc2c(c1)OCCCO2)c1cn[nH]c1. The molecule has 2 N–H and O–H groups in total. The minimum Gasteiger partial charge on any atom is -0.490 e. The molecule has 2 aromatic rings. The van der Waals surface area contributed by atoms with Gasteiger partial charge in [0.25, 0.3) is 0 Å². The third-order valence-electron chi connectivity index (χ3n) is 3.44. The van der Waals surface area contributed by atoms with E-state index in [-0.39, 0.29) is 6.04 Å². The van der Waals surface area contributed by atoms with Gasteiger partial charge >= 0.3 is 0 Å². The maximum Gasteiger partial charge on any atom is 0.161 e. The minimum atomic E-state index is 0.254. The van der Waals surface area contributed by atoms with Crippen LogP contribution in [0.4, 0.5) is 0 Å². The van der Waals surface area contributed by atoms with Crippen LogP contribution in [-0.4, -0.2) is 23.4 Å². The number of nitrogens with zero attached hydrogens (tertiary/aromatic N) is 1. The molecular formula is C15H19N3O2. The third kappa shape index (κ3) is 2.93. The molecule has 1 aliphatic heterocycles. The molecular weight excluding hydrogens is 254 g/mol. The van der Waals surface area contributed by atoms with Crippen molar-refractivity contribution in [2.75, 3.05) is 13.2 Å². The van der Waals surface area contributed by atoms with Crippen molar-refractivity contribution in [3.8, 4) is 11.5 Å². The van der Waals surface area contributed by atoms with Crippen molar-refractivity contribution in [2.45, 2.75) is 25.9 Å². The molecule has 0 amide bonds. The lowest BCUT2D eigenvalue weighted by Crippen LogP contribution is -2.17. The van der Waals surface area contributed by atoms with Gasteiger partial charge in [-0.25, -0.2) is 0 Å². The predicted octanol–water partition coefficient (Wildman–Crippen LogP) is 2.42. The molecule has 20 heavy (non-hydrogen) atoms. The van der Waals surface area contributed by atoms with Crippen molar-refractivity contribution in [1.29, 1.82) is 0 Å². The van der Waals surface area contributed by atoms with E-state index >= 15 is 0 Å². The van der Waals surface area contributed by atoms with Crippen LogP contribution in [0.5, 0.6) is 11.5 Å². The van der Waals surface area contributed by atoms with Crippen LogP contribution in [0, 0.1) is 0 Å². The van der Waals surface area contributed by atoms with Gasteiger partial charge in [-0.05, 0) is 24.6 Å². The van der Waals surface area contributed by atoms with Crippen molar-refractivity contribution in [1.82, 2.24) is 15.5 Å². The number of hydrogen-bond acceptors (Lipinski definition) is 4. The zero-order valence-electron chi connectivity index (χ0n) is 11.6. The molecule has 0 fully saturated rings. The summed E-state index contributed by atoms with van der Waals surface area (Å²) in [6.07, 6.45) is 4.68. The summed E-state index contributed by atoms with van der Waals surface area (Å²) in [4.78, 5) is 0. The van der Waals surface area contributed by atoms with E-state index in [1.807, 2.05) is 18.5 Å². The quantitative estimate of drug-likeness (QED) is 0.898. The highest BCUT2D eigenvalue weighted by Gasteiger charge is 2.11. The molecule has 0 aliphatic carbocycles. The van der Waals surface area contributed by atoms with Gasteiger partial charge in [0.15, 0.2) is 11.5 Å². The summed E-state index contributed by atoms with van der Waals surface area (Å²) in [6, 6.07) is 6.36. The standard InChI is InChI=1S/C15H19N3O2/c1-11(13-9-17-18-10-13)16-8-12-3-4-14-15(7-12)20-6-2-5-19-14/h3-4,7,9-11,16H,2,5-6,8H2,1H3,(H,17,18). The molecule has 1 aliphatic rings. The molecule has 0 saturated heterocycles. The fourth-order valence-corrected chi connectivity index (χ4v) is 2.20. The first-order chi connectivity index (χ1) is 9.83. The van der Waals surface area contributed by atoms with E-state index in [2.05, 4.69) is 34.6 Å². The molecule has 5 nitrogen and oxygen atoms in total. The average molecular weight is 273 g/mol. The van der Waals surface area contributed by atoms with Crippen LogP contribution >= 0.6 is 0 Å².